The van der Waals surface area contributed by atoms with Crippen LogP contribution in [0.1, 0.15) is 29.2 Å². The molecule has 1 atom stereocenters. The zero-order chi connectivity index (χ0) is 29.8. The third-order valence-electron chi connectivity index (χ3n) is 6.37. The van der Waals surface area contributed by atoms with Gasteiger partial charge >= 0.3 is 12.1 Å². The number of carbonyl (C=O) groups is 1. The Morgan fingerprint density at radius 1 is 1.10 bits per heavy atom. The molecule has 0 saturated heterocycles. The average molecular weight is 585 g/mol. The number of aryl methyl sites for hydroxylation is 1. The molecule has 1 unspecified atom stereocenters. The van der Waals surface area contributed by atoms with Crippen LogP contribution in [0.15, 0.2) is 77.8 Å². The maximum Gasteiger partial charge on any atom is 0.416 e. The molecule has 0 spiro atoms. The fourth-order valence-electron chi connectivity index (χ4n) is 4.38. The molecule has 11 heteroatoms. The minimum atomic E-state index is -4.49. The van der Waals surface area contributed by atoms with E-state index >= 15 is 0 Å². The summed E-state index contributed by atoms with van der Waals surface area (Å²) in [6.45, 7) is 3.76. The number of nitrogens with one attached hydrogen (secondary N) is 1. The summed E-state index contributed by atoms with van der Waals surface area (Å²) in [5.74, 6) is 4.44. The third kappa shape index (κ3) is 7.28. The van der Waals surface area contributed by atoms with Crippen LogP contribution in [0.2, 0.25) is 0 Å². The van der Waals surface area contributed by atoms with E-state index in [-0.39, 0.29) is 24.5 Å². The van der Waals surface area contributed by atoms with Crippen LogP contribution in [0.3, 0.4) is 0 Å². The Labute approximate surface area is 235 Å². The number of alkyl halides is 3. The van der Waals surface area contributed by atoms with Crippen LogP contribution >= 0.6 is 0 Å². The number of aliphatic carboxylic acids is 1. The Morgan fingerprint density at radius 2 is 1.83 bits per heavy atom. The first-order valence-electron chi connectivity index (χ1n) is 12.5. The van der Waals surface area contributed by atoms with Crippen molar-refractivity contribution in [1.29, 1.82) is 0 Å². The van der Waals surface area contributed by atoms with Crippen molar-refractivity contribution in [3.63, 3.8) is 0 Å². The normalized spacial score (nSPS) is 12.5. The van der Waals surface area contributed by atoms with Crippen molar-refractivity contribution in [3.8, 4) is 17.6 Å². The van der Waals surface area contributed by atoms with Crippen molar-refractivity contribution in [2.75, 3.05) is 6.61 Å². The van der Waals surface area contributed by atoms with Crippen LogP contribution in [-0.4, -0.2) is 36.7 Å². The van der Waals surface area contributed by atoms with Crippen LogP contribution < -0.4 is 9.46 Å². The SMILES string of the molecule is CC#CCOc1ccc(S(=O)(=O)NC(Cc2cn(Cc3cccc(C(F)(F)F)c3)c3ccc(C)cc23)C(=O)O)cc1. The molecule has 3 aromatic carbocycles. The summed E-state index contributed by atoms with van der Waals surface area (Å²) in [5, 5.41) is 10.6. The molecule has 0 bridgehead atoms. The van der Waals surface area contributed by atoms with Gasteiger partial charge in [0.25, 0.3) is 0 Å². The summed E-state index contributed by atoms with van der Waals surface area (Å²) >= 11 is 0. The lowest BCUT2D eigenvalue weighted by molar-refractivity contribution is -0.139. The molecular weight excluding hydrogens is 557 g/mol. The van der Waals surface area contributed by atoms with Crippen molar-refractivity contribution < 1.29 is 36.2 Å². The summed E-state index contributed by atoms with van der Waals surface area (Å²) in [6.07, 6.45) is -3.03. The maximum atomic E-state index is 13.2. The number of sulfonamides is 1. The highest BCUT2D eigenvalue weighted by molar-refractivity contribution is 7.89. The van der Waals surface area contributed by atoms with Crippen molar-refractivity contribution in [2.24, 2.45) is 0 Å². The Kier molecular flexibility index (Phi) is 8.75. The number of hydrogen-bond donors (Lipinski definition) is 2. The number of rotatable bonds is 10. The molecule has 7 nitrogen and oxygen atoms in total. The molecular formula is C30H27F3N2O5S. The minimum absolute atomic E-state index is 0.102. The first kappa shape index (κ1) is 29.7. The fourth-order valence-corrected chi connectivity index (χ4v) is 5.57. The lowest BCUT2D eigenvalue weighted by Gasteiger charge is -2.15. The summed E-state index contributed by atoms with van der Waals surface area (Å²) in [4.78, 5) is 12.0. The summed E-state index contributed by atoms with van der Waals surface area (Å²) in [7, 11) is -4.22. The molecule has 2 N–H and O–H groups in total. The average Bonchev–Trinajstić information content (AvgIpc) is 3.24. The molecule has 0 aliphatic heterocycles. The fraction of sp³-hybridized carbons (Fsp3) is 0.233. The van der Waals surface area contributed by atoms with Crippen molar-refractivity contribution >= 4 is 26.9 Å². The van der Waals surface area contributed by atoms with Gasteiger partial charge in [0.15, 0.2) is 0 Å². The number of benzene rings is 3. The molecule has 0 saturated carbocycles. The zero-order valence-corrected chi connectivity index (χ0v) is 23.0. The van der Waals surface area contributed by atoms with Gasteiger partial charge in [-0.25, -0.2) is 8.42 Å². The van der Waals surface area contributed by atoms with Gasteiger partial charge in [-0.05, 0) is 73.5 Å². The van der Waals surface area contributed by atoms with E-state index in [1.54, 1.807) is 29.8 Å². The summed E-state index contributed by atoms with van der Waals surface area (Å²) < 4.78 is 75.2. The summed E-state index contributed by atoms with van der Waals surface area (Å²) in [5.41, 5.74) is 1.74. The lowest BCUT2D eigenvalue weighted by Crippen LogP contribution is -2.42. The minimum Gasteiger partial charge on any atom is -0.481 e. The van der Waals surface area contributed by atoms with Crippen LogP contribution in [-0.2, 0) is 34.0 Å². The Bertz CT molecular complexity index is 1730. The van der Waals surface area contributed by atoms with Crippen LogP contribution in [0.4, 0.5) is 13.2 Å². The maximum absolute atomic E-state index is 13.2. The number of hydrogen-bond acceptors (Lipinski definition) is 4. The number of aromatic nitrogens is 1. The van der Waals surface area contributed by atoms with Gasteiger partial charge < -0.3 is 14.4 Å². The number of carboxylic acids is 1. The van der Waals surface area contributed by atoms with Crippen molar-refractivity contribution in [3.05, 3.63) is 95.2 Å². The number of fused-ring (bicyclic) bond motifs is 1. The van der Waals surface area contributed by atoms with Crippen molar-refractivity contribution in [2.45, 2.75) is 43.9 Å². The van der Waals surface area contributed by atoms with E-state index in [9.17, 15) is 31.5 Å². The molecule has 1 heterocycles. The standard InChI is InChI=1S/C30H27F3N2O5S/c1-3-4-14-40-24-9-11-25(12-10-24)41(38,39)34-27(29(36)37)17-22-19-35(28-13-8-20(2)15-26(22)28)18-21-6-5-7-23(16-21)30(31,32)33/h5-13,15-16,19,27,34H,14,17-18H2,1-2H3,(H,36,37). The zero-order valence-electron chi connectivity index (χ0n) is 22.2. The van der Waals surface area contributed by atoms with E-state index < -0.39 is 33.8 Å². The van der Waals surface area contributed by atoms with Gasteiger partial charge in [-0.2, -0.15) is 17.9 Å². The topological polar surface area (TPSA) is 97.6 Å². The van der Waals surface area contributed by atoms with E-state index in [0.717, 1.165) is 17.7 Å². The largest absolute Gasteiger partial charge is 0.481 e. The highest BCUT2D eigenvalue weighted by Crippen LogP contribution is 2.31. The predicted molar refractivity (Wildman–Crippen MR) is 148 cm³/mol. The van der Waals surface area contributed by atoms with Gasteiger partial charge in [-0.3, -0.25) is 4.79 Å². The van der Waals surface area contributed by atoms with Gasteiger partial charge in [-0.15, -0.1) is 5.92 Å². The third-order valence-corrected chi connectivity index (χ3v) is 7.86. The number of nitrogens with zero attached hydrogens (tertiary/aromatic N) is 1. The Hall–Kier alpha value is -4.27. The van der Waals surface area contributed by atoms with Gasteiger partial charge in [-0.1, -0.05) is 29.7 Å². The second kappa shape index (κ2) is 12.1. The molecule has 0 aliphatic rings. The Morgan fingerprint density at radius 3 is 2.49 bits per heavy atom. The molecule has 0 radical (unpaired) electrons. The molecule has 214 valence electrons. The lowest BCUT2D eigenvalue weighted by atomic mass is 10.0. The highest BCUT2D eigenvalue weighted by atomic mass is 32.2. The smallest absolute Gasteiger partial charge is 0.416 e. The van der Waals surface area contributed by atoms with E-state index in [1.807, 2.05) is 19.1 Å². The van der Waals surface area contributed by atoms with E-state index in [4.69, 9.17) is 4.74 Å². The van der Waals surface area contributed by atoms with E-state index in [0.29, 0.717) is 27.8 Å². The number of carboxylic acid groups (broad SMARTS) is 1. The van der Waals surface area contributed by atoms with Gasteiger partial charge in [0.1, 0.15) is 18.4 Å². The molecule has 0 amide bonds. The molecule has 1 aromatic heterocycles. The molecule has 4 rings (SSSR count). The van der Waals surface area contributed by atoms with Gasteiger partial charge in [0, 0.05) is 30.1 Å². The predicted octanol–water partition coefficient (Wildman–Crippen LogP) is 5.39. The molecule has 0 fully saturated rings. The Balaban J connectivity index is 1.61. The van der Waals surface area contributed by atoms with Crippen LogP contribution in [0, 0.1) is 18.8 Å². The van der Waals surface area contributed by atoms with Gasteiger partial charge in [0.05, 0.1) is 10.5 Å². The molecule has 4 aromatic rings. The first-order valence-corrected chi connectivity index (χ1v) is 14.0. The number of halogens is 3. The highest BCUT2D eigenvalue weighted by Gasteiger charge is 2.30. The van der Waals surface area contributed by atoms with Crippen LogP contribution in [0.25, 0.3) is 10.9 Å². The molecule has 0 aliphatic carbocycles. The summed E-state index contributed by atoms with van der Waals surface area (Å²) in [6, 6.07) is 14.5. The van der Waals surface area contributed by atoms with E-state index in [1.165, 1.54) is 30.3 Å². The van der Waals surface area contributed by atoms with Crippen molar-refractivity contribution in [1.82, 2.24) is 9.29 Å². The monoisotopic (exact) mass is 584 g/mol. The molecule has 41 heavy (non-hydrogen) atoms. The second-order valence-electron chi connectivity index (χ2n) is 9.40. The second-order valence-corrected chi connectivity index (χ2v) is 11.1. The van der Waals surface area contributed by atoms with Gasteiger partial charge in [0.2, 0.25) is 10.0 Å². The van der Waals surface area contributed by atoms with E-state index in [2.05, 4.69) is 16.6 Å². The quantitative estimate of drug-likeness (QED) is 0.244. The first-order chi connectivity index (χ1) is 19.4. The van der Waals surface area contributed by atoms with Crippen LogP contribution in [0.5, 0.6) is 5.75 Å². The number of ether oxygens (including phenoxy) is 1.